The number of ether oxygens (including phenoxy) is 1. The summed E-state index contributed by atoms with van der Waals surface area (Å²) in [6.07, 6.45) is 6.30. The number of methoxy groups -OCH3 is 1. The van der Waals surface area contributed by atoms with E-state index in [1.165, 1.54) is 24.1 Å². The predicted octanol–water partition coefficient (Wildman–Crippen LogP) is 2.81. The Hall–Kier alpha value is -1.81. The molecule has 0 spiro atoms. The normalized spacial score (nSPS) is 17.0. The largest absolute Gasteiger partial charge is 0.497 e. The molecule has 1 aromatic heterocycles. The van der Waals surface area contributed by atoms with E-state index in [2.05, 4.69) is 45.8 Å². The van der Waals surface area contributed by atoms with Gasteiger partial charge in [0.15, 0.2) is 0 Å². The van der Waals surface area contributed by atoms with E-state index < -0.39 is 0 Å². The molecule has 0 saturated carbocycles. The Balaban J connectivity index is 1.56. The Labute approximate surface area is 126 Å². The monoisotopic (exact) mass is 285 g/mol. The fraction of sp³-hybridized carbons (Fsp3) is 0.471. The molecule has 21 heavy (non-hydrogen) atoms. The molecule has 0 amide bonds. The van der Waals surface area contributed by atoms with E-state index in [9.17, 15) is 0 Å². The minimum absolute atomic E-state index is 0.679. The smallest absolute Gasteiger partial charge is 0.118 e. The number of hydrogen-bond donors (Lipinski definition) is 0. The summed E-state index contributed by atoms with van der Waals surface area (Å²) in [5.41, 5.74) is 2.73. The molecule has 4 nitrogen and oxygen atoms in total. The number of imidazole rings is 1. The molecule has 0 radical (unpaired) electrons. The first-order valence-electron chi connectivity index (χ1n) is 7.58. The van der Waals surface area contributed by atoms with Crippen LogP contribution in [0.3, 0.4) is 0 Å². The number of likely N-dealkylation sites (tertiary alicyclic amines) is 1. The van der Waals surface area contributed by atoms with E-state index in [4.69, 9.17) is 4.74 Å². The van der Waals surface area contributed by atoms with Crippen LogP contribution < -0.4 is 4.74 Å². The molecule has 1 aromatic carbocycles. The zero-order chi connectivity index (χ0) is 14.7. The minimum Gasteiger partial charge on any atom is -0.497 e. The lowest BCUT2D eigenvalue weighted by Gasteiger charge is -2.32. The number of rotatable bonds is 4. The van der Waals surface area contributed by atoms with Gasteiger partial charge >= 0.3 is 0 Å². The van der Waals surface area contributed by atoms with E-state index in [1.807, 2.05) is 12.5 Å². The Kier molecular flexibility index (Phi) is 4.25. The van der Waals surface area contributed by atoms with Gasteiger partial charge in [-0.2, -0.15) is 0 Å². The average molecular weight is 285 g/mol. The molecule has 112 valence electrons. The van der Waals surface area contributed by atoms with E-state index in [-0.39, 0.29) is 0 Å². The molecular formula is C17H23N3O. The lowest BCUT2D eigenvalue weighted by atomic mass is 9.89. The third kappa shape index (κ3) is 3.27. The van der Waals surface area contributed by atoms with Crippen LogP contribution in [-0.4, -0.2) is 34.7 Å². The van der Waals surface area contributed by atoms with Crippen LogP contribution in [0.4, 0.5) is 0 Å². The molecule has 4 heteroatoms. The molecule has 0 aliphatic carbocycles. The number of hydrogen-bond acceptors (Lipinski definition) is 3. The second kappa shape index (κ2) is 6.31. The van der Waals surface area contributed by atoms with Crippen molar-refractivity contribution in [1.29, 1.82) is 0 Å². The summed E-state index contributed by atoms with van der Waals surface area (Å²) < 4.78 is 7.33. The fourth-order valence-electron chi connectivity index (χ4n) is 3.07. The van der Waals surface area contributed by atoms with Crippen LogP contribution in [0.1, 0.15) is 30.0 Å². The summed E-state index contributed by atoms with van der Waals surface area (Å²) in [6, 6.07) is 8.55. The first-order valence-corrected chi connectivity index (χ1v) is 7.58. The summed E-state index contributed by atoms with van der Waals surface area (Å²) in [7, 11) is 3.78. The molecule has 1 saturated heterocycles. The first-order chi connectivity index (χ1) is 10.3. The van der Waals surface area contributed by atoms with E-state index in [0.717, 1.165) is 25.4 Å². The van der Waals surface area contributed by atoms with Gasteiger partial charge in [0.05, 0.1) is 19.1 Å². The van der Waals surface area contributed by atoms with Crippen LogP contribution in [0.15, 0.2) is 36.8 Å². The van der Waals surface area contributed by atoms with Crippen LogP contribution >= 0.6 is 0 Å². The second-order valence-electron chi connectivity index (χ2n) is 5.82. The standard InChI is InChI=1S/C17H23N3O/c1-19-13-18-11-16(19)12-20-9-7-15(8-10-20)14-3-5-17(21-2)6-4-14/h3-6,11,13,15H,7-10,12H2,1-2H3. The van der Waals surface area contributed by atoms with Gasteiger partial charge in [-0.05, 0) is 49.5 Å². The van der Waals surface area contributed by atoms with E-state index in [1.54, 1.807) is 7.11 Å². The van der Waals surface area contributed by atoms with Gasteiger partial charge in [-0.25, -0.2) is 4.98 Å². The van der Waals surface area contributed by atoms with Crippen molar-refractivity contribution in [3.63, 3.8) is 0 Å². The highest BCUT2D eigenvalue weighted by Crippen LogP contribution is 2.29. The van der Waals surface area contributed by atoms with Crippen LogP contribution in [0.5, 0.6) is 5.75 Å². The number of nitrogens with zero attached hydrogens (tertiary/aromatic N) is 3. The first kappa shape index (κ1) is 14.1. The van der Waals surface area contributed by atoms with Crippen LogP contribution in [-0.2, 0) is 13.6 Å². The summed E-state index contributed by atoms with van der Waals surface area (Å²) >= 11 is 0. The van der Waals surface area contributed by atoms with Gasteiger partial charge in [-0.1, -0.05) is 12.1 Å². The van der Waals surface area contributed by atoms with Crippen molar-refractivity contribution >= 4 is 0 Å². The van der Waals surface area contributed by atoms with Crippen LogP contribution in [0.2, 0.25) is 0 Å². The Morgan fingerprint density at radius 2 is 1.90 bits per heavy atom. The zero-order valence-electron chi connectivity index (χ0n) is 12.8. The maximum atomic E-state index is 5.23. The van der Waals surface area contributed by atoms with Gasteiger partial charge in [-0.3, -0.25) is 4.90 Å². The predicted molar refractivity (Wildman–Crippen MR) is 83.5 cm³/mol. The van der Waals surface area contributed by atoms with Crippen molar-refractivity contribution in [2.45, 2.75) is 25.3 Å². The maximum absolute atomic E-state index is 5.23. The highest BCUT2D eigenvalue weighted by atomic mass is 16.5. The molecule has 0 atom stereocenters. The molecule has 0 N–H and O–H groups in total. The molecule has 1 aliphatic heterocycles. The summed E-state index contributed by atoms with van der Waals surface area (Å²) in [5.74, 6) is 1.62. The molecule has 3 rings (SSSR count). The highest BCUT2D eigenvalue weighted by Gasteiger charge is 2.21. The van der Waals surface area contributed by atoms with Gasteiger partial charge in [-0.15, -0.1) is 0 Å². The second-order valence-corrected chi connectivity index (χ2v) is 5.82. The van der Waals surface area contributed by atoms with E-state index >= 15 is 0 Å². The van der Waals surface area contributed by atoms with Gasteiger partial charge in [0.1, 0.15) is 5.75 Å². The number of aromatic nitrogens is 2. The Morgan fingerprint density at radius 3 is 2.48 bits per heavy atom. The molecular weight excluding hydrogens is 262 g/mol. The summed E-state index contributed by atoms with van der Waals surface area (Å²) in [5, 5.41) is 0. The van der Waals surface area contributed by atoms with Crippen molar-refractivity contribution in [1.82, 2.24) is 14.5 Å². The third-order valence-electron chi connectivity index (χ3n) is 4.48. The van der Waals surface area contributed by atoms with Crippen LogP contribution in [0, 0.1) is 0 Å². The Bertz CT molecular complexity index is 568. The highest BCUT2D eigenvalue weighted by molar-refractivity contribution is 5.29. The van der Waals surface area contributed by atoms with Crippen LogP contribution in [0.25, 0.3) is 0 Å². The molecule has 0 bridgehead atoms. The van der Waals surface area contributed by atoms with Crippen molar-refractivity contribution in [2.24, 2.45) is 7.05 Å². The third-order valence-corrected chi connectivity index (χ3v) is 4.48. The SMILES string of the molecule is COc1ccc(C2CCN(Cc3cncn3C)CC2)cc1. The van der Waals surface area contributed by atoms with Gasteiger partial charge in [0.2, 0.25) is 0 Å². The fourth-order valence-corrected chi connectivity index (χ4v) is 3.07. The molecule has 2 aromatic rings. The van der Waals surface area contributed by atoms with E-state index in [0.29, 0.717) is 5.92 Å². The van der Waals surface area contributed by atoms with Gasteiger partial charge in [0, 0.05) is 19.8 Å². The molecule has 1 aliphatic rings. The molecule has 1 fully saturated rings. The molecule has 2 heterocycles. The minimum atomic E-state index is 0.679. The van der Waals surface area contributed by atoms with Gasteiger partial charge < -0.3 is 9.30 Å². The maximum Gasteiger partial charge on any atom is 0.118 e. The number of benzene rings is 1. The lowest BCUT2D eigenvalue weighted by molar-refractivity contribution is 0.201. The average Bonchev–Trinajstić information content (AvgIpc) is 2.93. The topological polar surface area (TPSA) is 30.3 Å². The van der Waals surface area contributed by atoms with Gasteiger partial charge in [0.25, 0.3) is 0 Å². The van der Waals surface area contributed by atoms with Crippen molar-refractivity contribution in [3.8, 4) is 5.75 Å². The quantitative estimate of drug-likeness (QED) is 0.865. The zero-order valence-corrected chi connectivity index (χ0v) is 12.8. The summed E-state index contributed by atoms with van der Waals surface area (Å²) in [6.45, 7) is 3.32. The summed E-state index contributed by atoms with van der Waals surface area (Å²) in [4.78, 5) is 6.72. The number of piperidine rings is 1. The van der Waals surface area contributed by atoms with Crippen molar-refractivity contribution in [3.05, 3.63) is 48.0 Å². The van der Waals surface area contributed by atoms with Crippen molar-refractivity contribution < 1.29 is 4.74 Å². The lowest BCUT2D eigenvalue weighted by Crippen LogP contribution is -2.33. The molecule has 0 unspecified atom stereocenters. The number of aryl methyl sites for hydroxylation is 1. The van der Waals surface area contributed by atoms with Crippen molar-refractivity contribution in [2.75, 3.05) is 20.2 Å². The Morgan fingerprint density at radius 1 is 1.19 bits per heavy atom.